The van der Waals surface area contributed by atoms with Crippen LogP contribution >= 0.6 is 0 Å². The molecule has 1 spiro atoms. The number of hydrogen-bond donors (Lipinski definition) is 0. The van der Waals surface area contributed by atoms with Crippen molar-refractivity contribution in [3.8, 4) is 5.88 Å². The van der Waals surface area contributed by atoms with E-state index in [1.807, 2.05) is 0 Å². The molecule has 1 aromatic carbocycles. The molecule has 0 saturated carbocycles. The molecule has 0 radical (unpaired) electrons. The Morgan fingerprint density at radius 1 is 1.30 bits per heavy atom. The van der Waals surface area contributed by atoms with Crippen molar-refractivity contribution >= 4 is 5.91 Å². The molecule has 2 aromatic rings. The number of carbonyl (C=O) groups is 1. The van der Waals surface area contributed by atoms with E-state index in [0.717, 1.165) is 6.42 Å². The fourth-order valence-electron chi connectivity index (χ4n) is 3.74. The zero-order valence-electron chi connectivity index (χ0n) is 14.7. The molecular formula is C20H20F2N2O3. The summed E-state index contributed by atoms with van der Waals surface area (Å²) in [4.78, 5) is 18.0. The number of ether oxygens (including phenoxy) is 2. The third kappa shape index (κ3) is 3.64. The van der Waals surface area contributed by atoms with Gasteiger partial charge in [0.1, 0.15) is 11.4 Å². The minimum absolute atomic E-state index is 0.0158. The number of likely N-dealkylation sites (tertiary alicyclic amines) is 1. The fraction of sp³-hybridized carbons (Fsp3) is 0.400. The average Bonchev–Trinajstić information content (AvgIpc) is 3.04. The summed E-state index contributed by atoms with van der Waals surface area (Å²) in [7, 11) is 0. The summed E-state index contributed by atoms with van der Waals surface area (Å²) in [6.07, 6.45) is 2.43. The number of halogens is 2. The highest BCUT2D eigenvalue weighted by Crippen LogP contribution is 2.40. The predicted molar refractivity (Wildman–Crippen MR) is 93.2 cm³/mol. The molecule has 4 rings (SSSR count). The van der Waals surface area contributed by atoms with Crippen molar-refractivity contribution in [2.45, 2.75) is 18.4 Å². The van der Waals surface area contributed by atoms with E-state index >= 15 is 0 Å². The molecule has 0 N–H and O–H groups in total. The Morgan fingerprint density at radius 2 is 2.15 bits per heavy atom. The lowest BCUT2D eigenvalue weighted by Crippen LogP contribution is -2.67. The van der Waals surface area contributed by atoms with E-state index in [0.29, 0.717) is 31.9 Å². The van der Waals surface area contributed by atoms with Gasteiger partial charge in [-0.25, -0.2) is 13.8 Å². The summed E-state index contributed by atoms with van der Waals surface area (Å²) in [5.41, 5.74) is 0.210. The van der Waals surface area contributed by atoms with Crippen LogP contribution in [0.3, 0.4) is 0 Å². The summed E-state index contributed by atoms with van der Waals surface area (Å²) in [6.45, 7) is 1.82. The SMILES string of the molecule is O=C(Cc1cccc(F)c1)N1CC2(C1)OCC[C@@H]2COc1ncccc1F. The molecule has 5 nitrogen and oxygen atoms in total. The molecule has 3 heterocycles. The number of carbonyl (C=O) groups excluding carboxylic acids is 1. The van der Waals surface area contributed by atoms with E-state index in [4.69, 9.17) is 9.47 Å². The van der Waals surface area contributed by atoms with Crippen LogP contribution in [0.5, 0.6) is 5.88 Å². The molecule has 1 aromatic heterocycles. The Kier molecular flexibility index (Phi) is 4.78. The zero-order valence-corrected chi connectivity index (χ0v) is 14.7. The highest BCUT2D eigenvalue weighted by Gasteiger charge is 2.54. The van der Waals surface area contributed by atoms with Crippen LogP contribution in [0.4, 0.5) is 8.78 Å². The van der Waals surface area contributed by atoms with Gasteiger partial charge < -0.3 is 14.4 Å². The van der Waals surface area contributed by atoms with Gasteiger partial charge in [0.05, 0.1) is 26.1 Å². The molecule has 1 amide bonds. The third-order valence-corrected chi connectivity index (χ3v) is 5.26. The van der Waals surface area contributed by atoms with Crippen LogP contribution in [0.15, 0.2) is 42.6 Å². The molecule has 2 saturated heterocycles. The second-order valence-electron chi connectivity index (χ2n) is 7.06. The Hall–Kier alpha value is -2.54. The topological polar surface area (TPSA) is 51.7 Å². The van der Waals surface area contributed by atoms with E-state index in [9.17, 15) is 13.6 Å². The van der Waals surface area contributed by atoms with Crippen LogP contribution in [0.2, 0.25) is 0 Å². The van der Waals surface area contributed by atoms with Crippen LogP contribution < -0.4 is 4.74 Å². The van der Waals surface area contributed by atoms with Crippen molar-refractivity contribution in [3.05, 3.63) is 59.8 Å². The second-order valence-corrected chi connectivity index (χ2v) is 7.06. The van der Waals surface area contributed by atoms with Crippen LogP contribution in [-0.4, -0.2) is 47.7 Å². The van der Waals surface area contributed by atoms with Crippen molar-refractivity contribution in [2.24, 2.45) is 5.92 Å². The molecule has 2 fully saturated rings. The minimum atomic E-state index is -0.494. The van der Waals surface area contributed by atoms with Crippen molar-refractivity contribution in [1.82, 2.24) is 9.88 Å². The number of aromatic nitrogens is 1. The maximum Gasteiger partial charge on any atom is 0.250 e. The maximum atomic E-state index is 13.7. The number of amides is 1. The predicted octanol–water partition coefficient (Wildman–Crippen LogP) is 2.60. The van der Waals surface area contributed by atoms with Crippen LogP contribution in [0.1, 0.15) is 12.0 Å². The molecule has 0 bridgehead atoms. The second kappa shape index (κ2) is 7.23. The van der Waals surface area contributed by atoms with E-state index in [1.54, 1.807) is 17.0 Å². The molecule has 7 heteroatoms. The summed E-state index contributed by atoms with van der Waals surface area (Å²) in [5, 5.41) is 0. The molecule has 0 unspecified atom stereocenters. The highest BCUT2D eigenvalue weighted by molar-refractivity contribution is 5.80. The standard InChI is InChI=1S/C20H20F2N2O3/c21-16-4-1-3-14(9-16)10-18(25)24-12-20(13-24)15(6-8-27-20)11-26-19-17(22)5-2-7-23-19/h1-5,7,9,15H,6,8,10-13H2/t15-/m1/s1. The number of rotatable bonds is 5. The van der Waals surface area contributed by atoms with Gasteiger partial charge in [-0.05, 0) is 36.2 Å². The molecule has 0 aliphatic carbocycles. The molecule has 27 heavy (non-hydrogen) atoms. The Morgan fingerprint density at radius 3 is 2.93 bits per heavy atom. The van der Waals surface area contributed by atoms with Crippen LogP contribution in [-0.2, 0) is 16.0 Å². The first-order valence-corrected chi connectivity index (χ1v) is 8.95. The summed E-state index contributed by atoms with van der Waals surface area (Å²) >= 11 is 0. The number of nitrogens with zero attached hydrogens (tertiary/aromatic N) is 2. The zero-order chi connectivity index (χ0) is 18.9. The lowest BCUT2D eigenvalue weighted by atomic mass is 9.81. The van der Waals surface area contributed by atoms with E-state index in [-0.39, 0.29) is 29.9 Å². The first kappa shape index (κ1) is 17.9. The molecule has 2 aliphatic heterocycles. The Bertz CT molecular complexity index is 839. The smallest absolute Gasteiger partial charge is 0.250 e. The number of hydrogen-bond acceptors (Lipinski definition) is 4. The molecule has 142 valence electrons. The molecule has 1 atom stereocenters. The van der Waals surface area contributed by atoms with Gasteiger partial charge in [-0.15, -0.1) is 0 Å². The minimum Gasteiger partial charge on any atom is -0.475 e. The van der Waals surface area contributed by atoms with E-state index in [1.165, 1.54) is 30.5 Å². The van der Waals surface area contributed by atoms with Crippen molar-refractivity contribution < 1.29 is 23.0 Å². The quantitative estimate of drug-likeness (QED) is 0.807. The van der Waals surface area contributed by atoms with Crippen molar-refractivity contribution in [1.29, 1.82) is 0 Å². The van der Waals surface area contributed by atoms with Gasteiger partial charge in [-0.3, -0.25) is 4.79 Å². The maximum absolute atomic E-state index is 13.7. The van der Waals surface area contributed by atoms with Crippen molar-refractivity contribution in [2.75, 3.05) is 26.3 Å². The van der Waals surface area contributed by atoms with Crippen LogP contribution in [0, 0.1) is 17.6 Å². The average molecular weight is 374 g/mol. The lowest BCUT2D eigenvalue weighted by Gasteiger charge is -2.50. The van der Waals surface area contributed by atoms with Crippen molar-refractivity contribution in [3.63, 3.8) is 0 Å². The first-order chi connectivity index (χ1) is 13.1. The van der Waals surface area contributed by atoms with E-state index < -0.39 is 11.4 Å². The van der Waals surface area contributed by atoms with Gasteiger partial charge in [-0.2, -0.15) is 0 Å². The first-order valence-electron chi connectivity index (χ1n) is 8.95. The van der Waals surface area contributed by atoms with Gasteiger partial charge in [0.2, 0.25) is 11.8 Å². The van der Waals surface area contributed by atoms with Gasteiger partial charge in [0, 0.05) is 18.7 Å². The Balaban J connectivity index is 1.33. The lowest BCUT2D eigenvalue weighted by molar-refractivity contribution is -0.166. The molecule has 2 aliphatic rings. The largest absolute Gasteiger partial charge is 0.475 e. The monoisotopic (exact) mass is 374 g/mol. The van der Waals surface area contributed by atoms with Gasteiger partial charge >= 0.3 is 0 Å². The summed E-state index contributed by atoms with van der Waals surface area (Å²) in [6, 6.07) is 8.88. The number of benzene rings is 1. The third-order valence-electron chi connectivity index (χ3n) is 5.26. The normalized spacial score (nSPS) is 20.5. The molecular weight excluding hydrogens is 354 g/mol. The fourth-order valence-corrected chi connectivity index (χ4v) is 3.74. The van der Waals surface area contributed by atoms with E-state index in [2.05, 4.69) is 4.98 Å². The summed E-state index contributed by atoms with van der Waals surface area (Å²) < 4.78 is 38.4. The Labute approximate surface area is 155 Å². The van der Waals surface area contributed by atoms with Gasteiger partial charge in [0.15, 0.2) is 5.82 Å². The summed E-state index contributed by atoms with van der Waals surface area (Å²) in [5.74, 6) is -0.850. The number of pyridine rings is 1. The highest BCUT2D eigenvalue weighted by atomic mass is 19.1. The van der Waals surface area contributed by atoms with Gasteiger partial charge in [0.25, 0.3) is 0 Å². The van der Waals surface area contributed by atoms with Gasteiger partial charge in [-0.1, -0.05) is 12.1 Å². The van der Waals surface area contributed by atoms with Crippen LogP contribution in [0.25, 0.3) is 0 Å².